The molecule has 5 nitrogen and oxygen atoms in total. The molecule has 1 atom stereocenters. The monoisotopic (exact) mass is 397 g/mol. The van der Waals surface area contributed by atoms with Crippen LogP contribution < -0.4 is 15.5 Å². The third-order valence-corrected chi connectivity index (χ3v) is 5.01. The van der Waals surface area contributed by atoms with Gasteiger partial charge in [-0.1, -0.05) is 24.3 Å². The van der Waals surface area contributed by atoms with Gasteiger partial charge in [0.15, 0.2) is 5.96 Å². The lowest BCUT2D eigenvalue weighted by molar-refractivity contribution is 0.392. The Morgan fingerprint density at radius 3 is 2.72 bits per heavy atom. The molecule has 3 rings (SSSR count). The molecule has 2 aromatic carbocycles. The van der Waals surface area contributed by atoms with E-state index in [1.165, 1.54) is 5.69 Å². The average molecular weight is 398 g/mol. The summed E-state index contributed by atoms with van der Waals surface area (Å²) in [6.07, 6.45) is 1.07. The first kappa shape index (κ1) is 21.1. The van der Waals surface area contributed by atoms with Crippen LogP contribution in [0.5, 0.6) is 0 Å². The predicted octanol–water partition coefficient (Wildman–Crippen LogP) is 3.22. The second kappa shape index (κ2) is 10.3. The number of rotatable bonds is 7. The first-order chi connectivity index (χ1) is 14.0. The maximum Gasteiger partial charge on any atom is 0.191 e. The van der Waals surface area contributed by atoms with Gasteiger partial charge < -0.3 is 20.4 Å². The number of para-hydroxylation sites is 1. The Balaban J connectivity index is 1.62. The lowest BCUT2D eigenvalue weighted by Crippen LogP contribution is -2.44. The molecule has 1 saturated heterocycles. The molecule has 0 aromatic heterocycles. The topological polar surface area (TPSA) is 42.9 Å². The molecule has 1 aliphatic heterocycles. The third kappa shape index (κ3) is 6.19. The maximum absolute atomic E-state index is 14.0. The minimum absolute atomic E-state index is 0.163. The summed E-state index contributed by atoms with van der Waals surface area (Å²) in [6, 6.07) is 16.1. The number of nitrogens with zero attached hydrogens (tertiary/aromatic N) is 3. The highest BCUT2D eigenvalue weighted by molar-refractivity contribution is 5.80. The fraction of sp³-hybridized carbons (Fsp3) is 0.435. The molecule has 0 spiro atoms. The number of nitrogens with one attached hydrogen (secondary N) is 2. The van der Waals surface area contributed by atoms with Crippen LogP contribution in [0.15, 0.2) is 53.5 Å². The number of anilines is 1. The third-order valence-electron chi connectivity index (χ3n) is 5.01. The van der Waals surface area contributed by atoms with Gasteiger partial charge >= 0.3 is 0 Å². The SMILES string of the molecule is CCNC(=NCc1ccc(F)c(CN(C)C)c1)NC1CCN(c2ccccc2)C1. The van der Waals surface area contributed by atoms with Crippen LogP contribution in [0.25, 0.3) is 0 Å². The molecule has 0 amide bonds. The van der Waals surface area contributed by atoms with E-state index < -0.39 is 0 Å². The molecule has 1 aliphatic rings. The fourth-order valence-corrected chi connectivity index (χ4v) is 3.62. The van der Waals surface area contributed by atoms with E-state index in [0.717, 1.165) is 37.6 Å². The molecule has 0 saturated carbocycles. The second-order valence-corrected chi connectivity index (χ2v) is 7.77. The molecule has 0 aliphatic carbocycles. The van der Waals surface area contributed by atoms with Crippen molar-refractivity contribution in [1.82, 2.24) is 15.5 Å². The van der Waals surface area contributed by atoms with E-state index in [1.807, 2.05) is 37.2 Å². The smallest absolute Gasteiger partial charge is 0.191 e. The predicted molar refractivity (Wildman–Crippen MR) is 119 cm³/mol. The van der Waals surface area contributed by atoms with Crippen molar-refractivity contribution in [2.45, 2.75) is 32.5 Å². The molecule has 0 bridgehead atoms. The summed E-state index contributed by atoms with van der Waals surface area (Å²) in [5.41, 5.74) is 2.98. The Kier molecular flexibility index (Phi) is 7.47. The first-order valence-corrected chi connectivity index (χ1v) is 10.3. The zero-order chi connectivity index (χ0) is 20.6. The Bertz CT molecular complexity index is 806. The van der Waals surface area contributed by atoms with Crippen molar-refractivity contribution < 1.29 is 4.39 Å². The van der Waals surface area contributed by atoms with E-state index in [0.29, 0.717) is 24.7 Å². The zero-order valence-corrected chi connectivity index (χ0v) is 17.7. The van der Waals surface area contributed by atoms with Gasteiger partial charge in [0.2, 0.25) is 0 Å². The van der Waals surface area contributed by atoms with E-state index in [4.69, 9.17) is 4.99 Å². The van der Waals surface area contributed by atoms with E-state index in [9.17, 15) is 4.39 Å². The molecule has 2 aromatic rings. The van der Waals surface area contributed by atoms with Crippen LogP contribution in [0.1, 0.15) is 24.5 Å². The maximum atomic E-state index is 14.0. The normalized spacial score (nSPS) is 17.1. The van der Waals surface area contributed by atoms with Crippen LogP contribution in [0.2, 0.25) is 0 Å². The van der Waals surface area contributed by atoms with Crippen molar-refractivity contribution in [3.05, 3.63) is 65.5 Å². The number of halogens is 1. The summed E-state index contributed by atoms with van der Waals surface area (Å²) in [4.78, 5) is 9.10. The highest BCUT2D eigenvalue weighted by Gasteiger charge is 2.23. The summed E-state index contributed by atoms with van der Waals surface area (Å²) in [6.45, 7) is 5.96. The molecule has 1 unspecified atom stereocenters. The lowest BCUT2D eigenvalue weighted by Gasteiger charge is -2.20. The molecule has 1 fully saturated rings. The number of guanidine groups is 1. The summed E-state index contributed by atoms with van der Waals surface area (Å²) in [7, 11) is 3.88. The minimum Gasteiger partial charge on any atom is -0.369 e. The summed E-state index contributed by atoms with van der Waals surface area (Å²) < 4.78 is 14.0. The Hall–Kier alpha value is -2.60. The highest BCUT2D eigenvalue weighted by Crippen LogP contribution is 2.19. The van der Waals surface area contributed by atoms with Crippen LogP contribution in [-0.4, -0.2) is 50.6 Å². The molecular weight excluding hydrogens is 365 g/mol. The summed E-state index contributed by atoms with van der Waals surface area (Å²) in [5.74, 6) is 0.648. The van der Waals surface area contributed by atoms with Gasteiger partial charge in [-0.05, 0) is 57.3 Å². The van der Waals surface area contributed by atoms with Crippen LogP contribution in [0.4, 0.5) is 10.1 Å². The molecule has 1 heterocycles. The van der Waals surface area contributed by atoms with E-state index >= 15 is 0 Å². The Morgan fingerprint density at radius 1 is 1.21 bits per heavy atom. The molecule has 2 N–H and O–H groups in total. The number of aliphatic imine (C=N–C) groups is 1. The van der Waals surface area contributed by atoms with Crippen LogP contribution in [-0.2, 0) is 13.1 Å². The highest BCUT2D eigenvalue weighted by atomic mass is 19.1. The van der Waals surface area contributed by atoms with Gasteiger partial charge in [0, 0.05) is 43.5 Å². The fourth-order valence-electron chi connectivity index (χ4n) is 3.62. The van der Waals surface area contributed by atoms with Gasteiger partial charge in [-0.3, -0.25) is 0 Å². The van der Waals surface area contributed by atoms with Crippen molar-refractivity contribution in [1.29, 1.82) is 0 Å². The number of benzene rings is 2. The van der Waals surface area contributed by atoms with Crippen molar-refractivity contribution in [3.63, 3.8) is 0 Å². The van der Waals surface area contributed by atoms with Crippen LogP contribution in [0, 0.1) is 5.82 Å². The second-order valence-electron chi connectivity index (χ2n) is 7.77. The van der Waals surface area contributed by atoms with Gasteiger partial charge in [0.25, 0.3) is 0 Å². The van der Waals surface area contributed by atoms with Gasteiger partial charge in [-0.15, -0.1) is 0 Å². The number of hydrogen-bond donors (Lipinski definition) is 2. The number of hydrogen-bond acceptors (Lipinski definition) is 3. The van der Waals surface area contributed by atoms with E-state index in [1.54, 1.807) is 6.07 Å². The van der Waals surface area contributed by atoms with Crippen LogP contribution >= 0.6 is 0 Å². The minimum atomic E-state index is -0.163. The molecular formula is C23H32FN5. The van der Waals surface area contributed by atoms with Gasteiger partial charge in [-0.2, -0.15) is 0 Å². The molecule has 0 radical (unpaired) electrons. The quantitative estimate of drug-likeness (QED) is 0.556. The van der Waals surface area contributed by atoms with Crippen molar-refractivity contribution in [3.8, 4) is 0 Å². The van der Waals surface area contributed by atoms with E-state index in [-0.39, 0.29) is 5.82 Å². The summed E-state index contributed by atoms with van der Waals surface area (Å²) in [5, 5.41) is 6.89. The van der Waals surface area contributed by atoms with Crippen molar-refractivity contribution in [2.24, 2.45) is 4.99 Å². The van der Waals surface area contributed by atoms with Crippen molar-refractivity contribution in [2.75, 3.05) is 38.6 Å². The molecule has 29 heavy (non-hydrogen) atoms. The summed E-state index contributed by atoms with van der Waals surface area (Å²) >= 11 is 0. The largest absolute Gasteiger partial charge is 0.369 e. The van der Waals surface area contributed by atoms with E-state index in [2.05, 4.69) is 46.7 Å². The van der Waals surface area contributed by atoms with Gasteiger partial charge in [0.1, 0.15) is 5.82 Å². The molecule has 156 valence electrons. The average Bonchev–Trinajstić information content (AvgIpc) is 3.17. The van der Waals surface area contributed by atoms with Crippen molar-refractivity contribution >= 4 is 11.6 Å². The van der Waals surface area contributed by atoms with Crippen LogP contribution in [0.3, 0.4) is 0 Å². The lowest BCUT2D eigenvalue weighted by atomic mass is 10.1. The first-order valence-electron chi connectivity index (χ1n) is 10.3. The van der Waals surface area contributed by atoms with Gasteiger partial charge in [-0.25, -0.2) is 9.38 Å². The van der Waals surface area contributed by atoms with Gasteiger partial charge in [0.05, 0.1) is 6.54 Å². The zero-order valence-electron chi connectivity index (χ0n) is 17.7. The Morgan fingerprint density at radius 2 is 2.00 bits per heavy atom. The molecule has 6 heteroatoms. The standard InChI is InChI=1S/C23H32FN5/c1-4-25-23(26-15-18-10-11-22(24)19(14-18)16-28(2)3)27-20-12-13-29(17-20)21-8-6-5-7-9-21/h5-11,14,20H,4,12-13,15-17H2,1-3H3,(H2,25,26,27). The Labute approximate surface area is 173 Å².